The molecule has 0 fully saturated rings. The van der Waals surface area contributed by atoms with Crippen molar-refractivity contribution < 1.29 is 19.8 Å². The van der Waals surface area contributed by atoms with Gasteiger partial charge < -0.3 is 26.1 Å². The molecule has 6 nitrogen and oxygen atoms in total. The van der Waals surface area contributed by atoms with Crippen molar-refractivity contribution in [2.24, 2.45) is 5.73 Å². The molecule has 0 aromatic heterocycles. The van der Waals surface area contributed by atoms with E-state index < -0.39 is 24.6 Å². The number of urea groups is 1. The van der Waals surface area contributed by atoms with Crippen molar-refractivity contribution >= 4 is 12.0 Å². The lowest BCUT2D eigenvalue weighted by Gasteiger charge is -2.14. The van der Waals surface area contributed by atoms with E-state index in [0.29, 0.717) is 0 Å². The van der Waals surface area contributed by atoms with Gasteiger partial charge >= 0.3 is 6.03 Å². The second-order valence-corrected chi connectivity index (χ2v) is 1.56. The highest BCUT2D eigenvalue weighted by Crippen LogP contribution is 1.76. The van der Waals surface area contributed by atoms with Crippen LogP contribution in [0.1, 0.15) is 0 Å². The first kappa shape index (κ1) is 8.70. The topological polar surface area (TPSA) is 115 Å². The number of hydrogen-bond donors (Lipinski definition) is 3. The van der Waals surface area contributed by atoms with Crippen molar-refractivity contribution in [1.29, 1.82) is 0 Å². The number of primary amides is 1. The van der Waals surface area contributed by atoms with E-state index >= 15 is 0 Å². The summed E-state index contributed by atoms with van der Waals surface area (Å²) in [7, 11) is 0. The summed E-state index contributed by atoms with van der Waals surface area (Å²) < 4.78 is 0. The summed E-state index contributed by atoms with van der Waals surface area (Å²) in [6.07, 6.45) is 0. The second-order valence-electron chi connectivity index (χ2n) is 1.56. The minimum Gasteiger partial charge on any atom is -0.548 e. The van der Waals surface area contributed by atoms with Gasteiger partial charge in [-0.1, -0.05) is 0 Å². The lowest BCUT2D eigenvalue weighted by atomic mass is 10.3. The molecule has 0 radical (unpaired) electrons. The number of aliphatic carboxylic acids is 1. The van der Waals surface area contributed by atoms with Crippen LogP contribution < -0.4 is 16.2 Å². The predicted molar refractivity (Wildman–Crippen MR) is 28.6 cm³/mol. The molecule has 0 saturated heterocycles. The molecule has 2 amide bonds. The number of nitrogens with one attached hydrogen (secondary N) is 1. The van der Waals surface area contributed by atoms with Crippen LogP contribution in [0.5, 0.6) is 0 Å². The molecule has 4 N–H and O–H groups in total. The maximum Gasteiger partial charge on any atom is 0.312 e. The third kappa shape index (κ3) is 2.88. The van der Waals surface area contributed by atoms with Gasteiger partial charge in [0.2, 0.25) is 0 Å². The van der Waals surface area contributed by atoms with Gasteiger partial charge in [-0.15, -0.1) is 0 Å². The molecule has 58 valence electrons. The van der Waals surface area contributed by atoms with Gasteiger partial charge in [0.1, 0.15) is 0 Å². The summed E-state index contributed by atoms with van der Waals surface area (Å²) >= 11 is 0. The quantitative estimate of drug-likeness (QED) is 0.389. The van der Waals surface area contributed by atoms with E-state index in [1.165, 1.54) is 0 Å². The molecule has 0 unspecified atom stereocenters. The van der Waals surface area contributed by atoms with E-state index in [2.05, 4.69) is 5.73 Å². The minimum atomic E-state index is -1.57. The average Bonchev–Trinajstić information content (AvgIpc) is 1.81. The number of hydrogen-bond acceptors (Lipinski definition) is 4. The molecule has 0 bridgehead atoms. The van der Waals surface area contributed by atoms with Crippen molar-refractivity contribution in [3.8, 4) is 0 Å². The summed E-state index contributed by atoms with van der Waals surface area (Å²) in [4.78, 5) is 19.9. The monoisotopic (exact) mass is 147 g/mol. The van der Waals surface area contributed by atoms with Crippen LogP contribution >= 0.6 is 0 Å². The molecule has 0 aliphatic heterocycles. The van der Waals surface area contributed by atoms with Gasteiger partial charge in [-0.05, 0) is 0 Å². The number of carbonyl (C=O) groups excluding carboxylic acids is 2. The van der Waals surface area contributed by atoms with Crippen LogP contribution in [-0.4, -0.2) is 29.8 Å². The highest BCUT2D eigenvalue weighted by molar-refractivity contribution is 5.80. The van der Waals surface area contributed by atoms with Crippen LogP contribution in [0.2, 0.25) is 0 Å². The normalized spacial score (nSPS) is 12.1. The van der Waals surface area contributed by atoms with E-state index in [-0.39, 0.29) is 0 Å². The van der Waals surface area contributed by atoms with Gasteiger partial charge in [0, 0.05) is 0 Å². The first-order chi connectivity index (χ1) is 4.57. The molecule has 0 rings (SSSR count). The summed E-state index contributed by atoms with van der Waals surface area (Å²) in [6, 6.07) is -2.43. The maximum atomic E-state index is 9.98. The average molecular weight is 147 g/mol. The molecule has 0 saturated carbocycles. The predicted octanol–water partition coefficient (Wildman–Crippen LogP) is -3.23. The smallest absolute Gasteiger partial charge is 0.312 e. The standard InChI is InChI=1S/C4H8N2O4/c5-4(10)6-2(1-7)3(8)9/h2,7H,1H2,(H,8,9)(H3,5,6,10)/p-1/t2-/m1/s1. The molecule has 10 heavy (non-hydrogen) atoms. The summed E-state index contributed by atoms with van der Waals surface area (Å²) in [5, 5.41) is 19.9. The Morgan fingerprint density at radius 2 is 2.20 bits per heavy atom. The second kappa shape index (κ2) is 3.67. The lowest BCUT2D eigenvalue weighted by molar-refractivity contribution is -0.308. The van der Waals surface area contributed by atoms with Gasteiger partial charge in [0.05, 0.1) is 18.6 Å². The molecule has 0 aromatic rings. The fourth-order valence-corrected chi connectivity index (χ4v) is 0.351. The molecule has 0 spiro atoms. The van der Waals surface area contributed by atoms with Gasteiger partial charge in [-0.2, -0.15) is 0 Å². The van der Waals surface area contributed by atoms with Crippen molar-refractivity contribution in [2.45, 2.75) is 6.04 Å². The molecule has 0 heterocycles. The number of carbonyl (C=O) groups is 2. The number of rotatable bonds is 3. The number of carboxylic acid groups (broad SMARTS) is 1. The number of nitrogens with two attached hydrogens (primary N) is 1. The van der Waals surface area contributed by atoms with Crippen LogP contribution in [0, 0.1) is 0 Å². The van der Waals surface area contributed by atoms with Crippen molar-refractivity contribution in [1.82, 2.24) is 5.32 Å². The number of aliphatic hydroxyl groups excluding tert-OH is 1. The summed E-state index contributed by atoms with van der Waals surface area (Å²) in [6.45, 7) is -0.731. The number of aliphatic hydroxyl groups is 1. The maximum absolute atomic E-state index is 9.98. The summed E-state index contributed by atoms with van der Waals surface area (Å²) in [5.74, 6) is -1.57. The van der Waals surface area contributed by atoms with Crippen molar-refractivity contribution in [3.63, 3.8) is 0 Å². The van der Waals surface area contributed by atoms with Crippen LogP contribution in [0.4, 0.5) is 4.79 Å². The Bertz CT molecular complexity index is 146. The van der Waals surface area contributed by atoms with E-state index in [4.69, 9.17) is 5.11 Å². The minimum absolute atomic E-state index is 0.731. The Kier molecular flexibility index (Phi) is 3.20. The number of carboxylic acids is 1. The molecular weight excluding hydrogens is 140 g/mol. The fourth-order valence-electron chi connectivity index (χ4n) is 0.351. The lowest BCUT2D eigenvalue weighted by Crippen LogP contribution is -2.51. The van der Waals surface area contributed by atoms with Gasteiger partial charge in [0.25, 0.3) is 0 Å². The zero-order valence-corrected chi connectivity index (χ0v) is 5.03. The Labute approximate surface area is 56.6 Å². The molecule has 6 heteroatoms. The van der Waals surface area contributed by atoms with E-state index in [1.54, 1.807) is 5.32 Å². The first-order valence-electron chi connectivity index (χ1n) is 2.45. The van der Waals surface area contributed by atoms with E-state index in [0.717, 1.165) is 0 Å². The Balaban J connectivity index is 3.83. The SMILES string of the molecule is NC(=O)N[C@H](CO)C(=O)[O-]. The van der Waals surface area contributed by atoms with Crippen LogP contribution in [0.3, 0.4) is 0 Å². The molecule has 1 atom stereocenters. The van der Waals surface area contributed by atoms with Crippen molar-refractivity contribution in [2.75, 3.05) is 6.61 Å². The number of amides is 2. The van der Waals surface area contributed by atoms with Gasteiger partial charge in [-0.25, -0.2) is 4.79 Å². The molecule has 0 aliphatic carbocycles. The molecule has 0 aliphatic rings. The van der Waals surface area contributed by atoms with Gasteiger partial charge in [0.15, 0.2) is 0 Å². The first-order valence-corrected chi connectivity index (χ1v) is 2.45. The van der Waals surface area contributed by atoms with Gasteiger partial charge in [-0.3, -0.25) is 0 Å². The van der Waals surface area contributed by atoms with Crippen LogP contribution in [0.25, 0.3) is 0 Å². The van der Waals surface area contributed by atoms with Crippen LogP contribution in [-0.2, 0) is 4.79 Å². The Morgan fingerprint density at radius 3 is 2.30 bits per heavy atom. The highest BCUT2D eigenvalue weighted by Gasteiger charge is 2.08. The molecular formula is C4H7N2O4-. The zero-order chi connectivity index (χ0) is 8.15. The van der Waals surface area contributed by atoms with Crippen molar-refractivity contribution in [3.05, 3.63) is 0 Å². The highest BCUT2D eigenvalue weighted by atomic mass is 16.4. The largest absolute Gasteiger partial charge is 0.548 e. The third-order valence-corrected chi connectivity index (χ3v) is 0.784. The summed E-state index contributed by atoms with van der Waals surface area (Å²) in [5.41, 5.74) is 4.55. The Hall–Kier alpha value is -1.30. The Morgan fingerprint density at radius 1 is 1.70 bits per heavy atom. The third-order valence-electron chi connectivity index (χ3n) is 0.784. The fraction of sp³-hybridized carbons (Fsp3) is 0.500. The zero-order valence-electron chi connectivity index (χ0n) is 5.03. The molecule has 0 aromatic carbocycles. The van der Waals surface area contributed by atoms with E-state index in [1.807, 2.05) is 0 Å². The van der Waals surface area contributed by atoms with E-state index in [9.17, 15) is 14.7 Å². The van der Waals surface area contributed by atoms with Crippen LogP contribution in [0.15, 0.2) is 0 Å².